The normalized spacial score (nSPS) is 16.6. The number of carbonyl (C=O) groups excluding carboxylic acids is 1. The number of anilines is 1. The van der Waals surface area contributed by atoms with E-state index in [0.717, 1.165) is 24.1 Å². The minimum absolute atomic E-state index is 0.0667. The van der Waals surface area contributed by atoms with Crippen LogP contribution < -0.4 is 11.1 Å². The summed E-state index contributed by atoms with van der Waals surface area (Å²) in [7, 11) is 0. The molecule has 2 rings (SSSR count). The Labute approximate surface area is 107 Å². The van der Waals surface area contributed by atoms with Crippen molar-refractivity contribution in [2.45, 2.75) is 25.5 Å². The van der Waals surface area contributed by atoms with Crippen molar-refractivity contribution in [1.29, 1.82) is 0 Å². The number of amides is 2. The first kappa shape index (κ1) is 12.7. The van der Waals surface area contributed by atoms with Crippen LogP contribution in [0, 0.1) is 0 Å². The Kier molecular flexibility index (Phi) is 4.04. The van der Waals surface area contributed by atoms with Crippen LogP contribution in [0.4, 0.5) is 10.5 Å². The molecular formula is C13H19N3O2. The van der Waals surface area contributed by atoms with Crippen LogP contribution in [0.5, 0.6) is 0 Å². The molecule has 1 aliphatic heterocycles. The molecule has 1 aliphatic rings. The molecular weight excluding hydrogens is 230 g/mol. The summed E-state index contributed by atoms with van der Waals surface area (Å²) in [5.41, 5.74) is 7.19. The van der Waals surface area contributed by atoms with Gasteiger partial charge in [-0.25, -0.2) is 4.79 Å². The van der Waals surface area contributed by atoms with Crippen LogP contribution in [0.15, 0.2) is 24.3 Å². The van der Waals surface area contributed by atoms with Crippen LogP contribution in [-0.4, -0.2) is 35.2 Å². The smallest absolute Gasteiger partial charge is 0.314 e. The molecule has 1 saturated heterocycles. The van der Waals surface area contributed by atoms with E-state index in [2.05, 4.69) is 5.32 Å². The molecule has 4 N–H and O–H groups in total. The van der Waals surface area contributed by atoms with Crippen LogP contribution >= 0.6 is 0 Å². The zero-order chi connectivity index (χ0) is 13.0. The molecule has 0 saturated carbocycles. The third kappa shape index (κ3) is 3.13. The van der Waals surface area contributed by atoms with Crippen molar-refractivity contribution >= 4 is 11.7 Å². The predicted octanol–water partition coefficient (Wildman–Crippen LogP) is 1.13. The van der Waals surface area contributed by atoms with Crippen molar-refractivity contribution in [3.05, 3.63) is 29.8 Å². The molecule has 0 unspecified atom stereocenters. The predicted molar refractivity (Wildman–Crippen MR) is 70.2 cm³/mol. The Balaban J connectivity index is 1.85. The topological polar surface area (TPSA) is 78.6 Å². The fraction of sp³-hybridized carbons (Fsp3) is 0.462. The molecule has 0 spiro atoms. The lowest BCUT2D eigenvalue weighted by Gasteiger charge is -2.31. The molecule has 0 aliphatic carbocycles. The van der Waals surface area contributed by atoms with Gasteiger partial charge >= 0.3 is 6.03 Å². The summed E-state index contributed by atoms with van der Waals surface area (Å²) in [5.74, 6) is 0. The third-order valence-electron chi connectivity index (χ3n) is 3.31. The highest BCUT2D eigenvalue weighted by molar-refractivity contribution is 5.72. The number of hydrogen-bond acceptors (Lipinski definition) is 3. The number of urea groups is 1. The van der Waals surface area contributed by atoms with Crippen molar-refractivity contribution in [2.24, 2.45) is 5.73 Å². The van der Waals surface area contributed by atoms with Gasteiger partial charge in [-0.05, 0) is 30.5 Å². The van der Waals surface area contributed by atoms with Crippen molar-refractivity contribution in [2.75, 3.05) is 18.4 Å². The van der Waals surface area contributed by atoms with E-state index >= 15 is 0 Å². The van der Waals surface area contributed by atoms with E-state index in [1.165, 1.54) is 0 Å². The van der Waals surface area contributed by atoms with E-state index in [1.54, 1.807) is 4.90 Å². The molecule has 1 heterocycles. The van der Waals surface area contributed by atoms with Crippen LogP contribution in [0.3, 0.4) is 0 Å². The molecule has 0 radical (unpaired) electrons. The van der Waals surface area contributed by atoms with Gasteiger partial charge in [0.25, 0.3) is 0 Å². The number of nitrogens with zero attached hydrogens (tertiary/aromatic N) is 1. The molecule has 18 heavy (non-hydrogen) atoms. The van der Waals surface area contributed by atoms with Crippen molar-refractivity contribution in [3.8, 4) is 0 Å². The molecule has 2 amide bonds. The fourth-order valence-corrected chi connectivity index (χ4v) is 2.19. The molecule has 5 heteroatoms. The van der Waals surface area contributed by atoms with E-state index in [-0.39, 0.29) is 12.6 Å². The minimum atomic E-state index is -0.333. The Morgan fingerprint density at radius 1 is 1.33 bits per heavy atom. The van der Waals surface area contributed by atoms with Crippen LogP contribution in [0.1, 0.15) is 18.4 Å². The van der Waals surface area contributed by atoms with E-state index in [4.69, 9.17) is 10.8 Å². The highest BCUT2D eigenvalue weighted by Gasteiger charge is 2.20. The number of primary amides is 1. The number of rotatable bonds is 3. The van der Waals surface area contributed by atoms with Crippen LogP contribution in [-0.2, 0) is 6.61 Å². The molecule has 1 aromatic carbocycles. The van der Waals surface area contributed by atoms with E-state index < -0.39 is 0 Å². The van der Waals surface area contributed by atoms with Gasteiger partial charge in [0.2, 0.25) is 0 Å². The van der Waals surface area contributed by atoms with Crippen molar-refractivity contribution in [1.82, 2.24) is 4.90 Å². The van der Waals surface area contributed by atoms with E-state index in [1.807, 2.05) is 24.3 Å². The monoisotopic (exact) mass is 249 g/mol. The zero-order valence-corrected chi connectivity index (χ0v) is 10.3. The molecule has 1 aromatic rings. The SMILES string of the molecule is NC(=O)N1CCC(Nc2ccc(CO)cc2)CC1. The number of aliphatic hydroxyl groups is 1. The van der Waals surface area contributed by atoms with Gasteiger partial charge in [-0.2, -0.15) is 0 Å². The lowest BCUT2D eigenvalue weighted by Crippen LogP contribution is -2.44. The molecule has 0 atom stereocenters. The molecule has 0 bridgehead atoms. The summed E-state index contributed by atoms with van der Waals surface area (Å²) in [4.78, 5) is 12.7. The number of nitrogens with one attached hydrogen (secondary N) is 1. The van der Waals surface area contributed by atoms with Gasteiger partial charge in [0.1, 0.15) is 0 Å². The maximum atomic E-state index is 11.0. The molecule has 5 nitrogen and oxygen atoms in total. The number of piperidine rings is 1. The lowest BCUT2D eigenvalue weighted by molar-refractivity contribution is 0.193. The van der Waals surface area contributed by atoms with Crippen molar-refractivity contribution < 1.29 is 9.90 Å². The quantitative estimate of drug-likeness (QED) is 0.751. The number of carbonyl (C=O) groups is 1. The summed E-state index contributed by atoms with van der Waals surface area (Å²) in [6, 6.07) is 7.78. The second-order valence-electron chi connectivity index (χ2n) is 4.60. The Morgan fingerprint density at radius 2 is 1.94 bits per heavy atom. The van der Waals surface area contributed by atoms with Gasteiger partial charge in [0.15, 0.2) is 0 Å². The first-order chi connectivity index (χ1) is 8.69. The number of nitrogens with two attached hydrogens (primary N) is 1. The highest BCUT2D eigenvalue weighted by atomic mass is 16.3. The largest absolute Gasteiger partial charge is 0.392 e. The van der Waals surface area contributed by atoms with Crippen LogP contribution in [0.2, 0.25) is 0 Å². The molecule has 98 valence electrons. The lowest BCUT2D eigenvalue weighted by atomic mass is 10.0. The second-order valence-corrected chi connectivity index (χ2v) is 4.60. The summed E-state index contributed by atoms with van der Waals surface area (Å²) < 4.78 is 0. The van der Waals surface area contributed by atoms with Gasteiger partial charge < -0.3 is 21.1 Å². The summed E-state index contributed by atoms with van der Waals surface area (Å²) in [5, 5.41) is 12.4. The molecule has 0 aromatic heterocycles. The van der Waals surface area contributed by atoms with Gasteiger partial charge in [0, 0.05) is 24.8 Å². The first-order valence-corrected chi connectivity index (χ1v) is 6.20. The van der Waals surface area contributed by atoms with E-state index in [0.29, 0.717) is 19.1 Å². The summed E-state index contributed by atoms with van der Waals surface area (Å²) in [6.45, 7) is 1.49. The van der Waals surface area contributed by atoms with Gasteiger partial charge in [-0.15, -0.1) is 0 Å². The average Bonchev–Trinajstić information content (AvgIpc) is 2.40. The zero-order valence-electron chi connectivity index (χ0n) is 10.3. The first-order valence-electron chi connectivity index (χ1n) is 6.20. The van der Waals surface area contributed by atoms with Gasteiger partial charge in [-0.1, -0.05) is 12.1 Å². The third-order valence-corrected chi connectivity index (χ3v) is 3.31. The number of hydrogen-bond donors (Lipinski definition) is 3. The Morgan fingerprint density at radius 3 is 2.44 bits per heavy atom. The van der Waals surface area contributed by atoms with E-state index in [9.17, 15) is 4.79 Å². The summed E-state index contributed by atoms with van der Waals surface area (Å²) >= 11 is 0. The number of aliphatic hydroxyl groups excluding tert-OH is 1. The number of likely N-dealkylation sites (tertiary alicyclic amines) is 1. The van der Waals surface area contributed by atoms with Crippen molar-refractivity contribution in [3.63, 3.8) is 0 Å². The van der Waals surface area contributed by atoms with Gasteiger partial charge in [-0.3, -0.25) is 0 Å². The molecule has 1 fully saturated rings. The summed E-state index contributed by atoms with van der Waals surface area (Å²) in [6.07, 6.45) is 1.81. The Bertz CT molecular complexity index is 397. The maximum Gasteiger partial charge on any atom is 0.314 e. The average molecular weight is 249 g/mol. The maximum absolute atomic E-state index is 11.0. The standard InChI is InChI=1S/C13H19N3O2/c14-13(18)16-7-5-12(6-8-16)15-11-3-1-10(9-17)2-4-11/h1-4,12,15,17H,5-9H2,(H2,14,18). The number of benzene rings is 1. The minimum Gasteiger partial charge on any atom is -0.392 e. The highest BCUT2D eigenvalue weighted by Crippen LogP contribution is 2.17. The fourth-order valence-electron chi connectivity index (χ4n) is 2.19. The second kappa shape index (κ2) is 5.73. The van der Waals surface area contributed by atoms with Gasteiger partial charge in [0.05, 0.1) is 6.61 Å². The Hall–Kier alpha value is -1.75. The van der Waals surface area contributed by atoms with Crippen LogP contribution in [0.25, 0.3) is 0 Å².